The van der Waals surface area contributed by atoms with Crippen LogP contribution in [-0.4, -0.2) is 20.2 Å². The molecule has 0 unspecified atom stereocenters. The van der Waals surface area contributed by atoms with Gasteiger partial charge in [-0.15, -0.1) is 0 Å². The zero-order chi connectivity index (χ0) is 15.0. The molecule has 0 radical (unpaired) electrons. The van der Waals surface area contributed by atoms with Crippen LogP contribution in [0.15, 0.2) is 30.0 Å². The highest BCUT2D eigenvalue weighted by molar-refractivity contribution is 6.30. The van der Waals surface area contributed by atoms with Crippen LogP contribution in [-0.2, 0) is 14.3 Å². The van der Waals surface area contributed by atoms with E-state index in [1.54, 1.807) is 24.3 Å². The number of allylic oxidation sites excluding steroid dienone is 2. The molecule has 0 aliphatic heterocycles. The highest BCUT2D eigenvalue weighted by Gasteiger charge is 2.11. The Morgan fingerprint density at radius 2 is 1.85 bits per heavy atom. The SMILES string of the molecule is COC(=O)CCC/C(OC)=C(\C#N)c1ccc(Cl)cc1. The van der Waals surface area contributed by atoms with Crippen molar-refractivity contribution in [3.63, 3.8) is 0 Å². The molecule has 0 aromatic heterocycles. The van der Waals surface area contributed by atoms with Gasteiger partial charge in [0.2, 0.25) is 0 Å². The summed E-state index contributed by atoms with van der Waals surface area (Å²) in [4.78, 5) is 11.1. The van der Waals surface area contributed by atoms with Crippen LogP contribution < -0.4 is 0 Å². The molecule has 0 N–H and O–H groups in total. The first-order valence-corrected chi connectivity index (χ1v) is 6.50. The van der Waals surface area contributed by atoms with Gasteiger partial charge in [0.25, 0.3) is 0 Å². The number of carbonyl (C=O) groups excluding carboxylic acids is 1. The Bertz CT molecular complexity index is 529. The smallest absolute Gasteiger partial charge is 0.305 e. The van der Waals surface area contributed by atoms with Gasteiger partial charge < -0.3 is 9.47 Å². The van der Waals surface area contributed by atoms with E-state index in [1.165, 1.54) is 14.2 Å². The number of methoxy groups -OCH3 is 2. The summed E-state index contributed by atoms with van der Waals surface area (Å²) in [6.07, 6.45) is 1.36. The molecule has 0 spiro atoms. The second kappa shape index (κ2) is 8.23. The van der Waals surface area contributed by atoms with Crippen molar-refractivity contribution in [2.75, 3.05) is 14.2 Å². The lowest BCUT2D eigenvalue weighted by molar-refractivity contribution is -0.140. The Labute approximate surface area is 123 Å². The first-order chi connectivity index (χ1) is 9.62. The largest absolute Gasteiger partial charge is 0.500 e. The molecular formula is C15H16ClNO3. The standard InChI is InChI=1S/C15H16ClNO3/c1-19-14(4-3-5-15(18)20-2)13(10-17)11-6-8-12(16)9-7-11/h6-9H,3-5H2,1-2H3/b14-13-. The minimum atomic E-state index is -0.273. The van der Waals surface area contributed by atoms with E-state index in [0.717, 1.165) is 5.56 Å². The number of nitrogens with zero attached hydrogens (tertiary/aromatic N) is 1. The van der Waals surface area contributed by atoms with Gasteiger partial charge in [-0.3, -0.25) is 4.79 Å². The lowest BCUT2D eigenvalue weighted by atomic mass is 10.0. The van der Waals surface area contributed by atoms with Gasteiger partial charge in [0.1, 0.15) is 11.8 Å². The number of esters is 1. The molecule has 106 valence electrons. The van der Waals surface area contributed by atoms with E-state index in [9.17, 15) is 10.1 Å². The number of benzene rings is 1. The van der Waals surface area contributed by atoms with Crippen molar-refractivity contribution < 1.29 is 14.3 Å². The molecule has 20 heavy (non-hydrogen) atoms. The Hall–Kier alpha value is -1.99. The maximum Gasteiger partial charge on any atom is 0.305 e. The summed E-state index contributed by atoms with van der Waals surface area (Å²) in [6, 6.07) is 9.10. The van der Waals surface area contributed by atoms with Gasteiger partial charge in [-0.25, -0.2) is 0 Å². The quantitative estimate of drug-likeness (QED) is 0.457. The lowest BCUT2D eigenvalue weighted by Crippen LogP contribution is -2.01. The molecule has 0 saturated carbocycles. The predicted molar refractivity (Wildman–Crippen MR) is 76.9 cm³/mol. The van der Waals surface area contributed by atoms with Gasteiger partial charge in [0.05, 0.1) is 19.8 Å². The van der Waals surface area contributed by atoms with E-state index in [4.69, 9.17) is 16.3 Å². The number of nitriles is 1. The third kappa shape index (κ3) is 4.60. The molecule has 0 bridgehead atoms. The Morgan fingerprint density at radius 1 is 1.20 bits per heavy atom. The molecule has 4 nitrogen and oxygen atoms in total. The number of hydrogen-bond acceptors (Lipinski definition) is 4. The first kappa shape index (κ1) is 16.1. The van der Waals surface area contributed by atoms with Crippen molar-refractivity contribution >= 4 is 23.1 Å². The summed E-state index contributed by atoms with van der Waals surface area (Å²) in [5, 5.41) is 9.90. The zero-order valence-electron chi connectivity index (χ0n) is 11.5. The van der Waals surface area contributed by atoms with Gasteiger partial charge in [-0.2, -0.15) is 5.26 Å². The van der Waals surface area contributed by atoms with Crippen LogP contribution in [0.5, 0.6) is 0 Å². The number of rotatable bonds is 6. The van der Waals surface area contributed by atoms with Crippen molar-refractivity contribution in [3.05, 3.63) is 40.6 Å². The molecule has 0 amide bonds. The van der Waals surface area contributed by atoms with Gasteiger partial charge in [-0.1, -0.05) is 23.7 Å². The van der Waals surface area contributed by atoms with Crippen molar-refractivity contribution in [3.8, 4) is 6.07 Å². The molecular weight excluding hydrogens is 278 g/mol. The molecule has 1 aromatic rings. The van der Waals surface area contributed by atoms with Crippen molar-refractivity contribution in [1.29, 1.82) is 5.26 Å². The summed E-state index contributed by atoms with van der Waals surface area (Å²) < 4.78 is 9.85. The Kier molecular flexibility index (Phi) is 6.61. The predicted octanol–water partition coefficient (Wildman–Crippen LogP) is 3.56. The molecule has 1 rings (SSSR count). The monoisotopic (exact) mass is 293 g/mol. The molecule has 5 heteroatoms. The minimum absolute atomic E-state index is 0.273. The average molecular weight is 294 g/mol. The van der Waals surface area contributed by atoms with E-state index < -0.39 is 0 Å². The molecule has 1 aromatic carbocycles. The van der Waals surface area contributed by atoms with Gasteiger partial charge in [-0.05, 0) is 24.1 Å². The minimum Gasteiger partial charge on any atom is -0.500 e. The van der Waals surface area contributed by atoms with Crippen LogP contribution in [0, 0.1) is 11.3 Å². The summed E-state index contributed by atoms with van der Waals surface area (Å²) in [5.74, 6) is 0.282. The van der Waals surface area contributed by atoms with Crippen LogP contribution in [0.2, 0.25) is 5.02 Å². The molecule has 0 heterocycles. The van der Waals surface area contributed by atoms with Gasteiger partial charge in [0, 0.05) is 17.9 Å². The number of halogens is 1. The average Bonchev–Trinajstić information content (AvgIpc) is 2.47. The third-order valence-electron chi connectivity index (χ3n) is 2.78. The van der Waals surface area contributed by atoms with E-state index >= 15 is 0 Å². The van der Waals surface area contributed by atoms with Crippen LogP contribution in [0.1, 0.15) is 24.8 Å². The highest BCUT2D eigenvalue weighted by Crippen LogP contribution is 2.24. The van der Waals surface area contributed by atoms with Crippen molar-refractivity contribution in [1.82, 2.24) is 0 Å². The summed E-state index contributed by atoms with van der Waals surface area (Å²) in [5.41, 5.74) is 1.20. The second-order valence-electron chi connectivity index (χ2n) is 4.05. The molecule has 0 fully saturated rings. The molecule has 0 saturated heterocycles. The molecule has 0 aliphatic rings. The van der Waals surface area contributed by atoms with E-state index in [2.05, 4.69) is 10.8 Å². The molecule has 0 atom stereocenters. The van der Waals surface area contributed by atoms with Crippen LogP contribution in [0.25, 0.3) is 5.57 Å². The number of carbonyl (C=O) groups is 1. The summed E-state index contributed by atoms with van der Waals surface area (Å²) in [7, 11) is 2.87. The maximum absolute atomic E-state index is 11.1. The Balaban J connectivity index is 2.87. The van der Waals surface area contributed by atoms with Crippen molar-refractivity contribution in [2.24, 2.45) is 0 Å². The van der Waals surface area contributed by atoms with Crippen LogP contribution >= 0.6 is 11.6 Å². The fourth-order valence-electron chi connectivity index (χ4n) is 1.73. The molecule has 0 aliphatic carbocycles. The van der Waals surface area contributed by atoms with Gasteiger partial charge in [0.15, 0.2) is 0 Å². The van der Waals surface area contributed by atoms with Crippen LogP contribution in [0.3, 0.4) is 0 Å². The summed E-state index contributed by atoms with van der Waals surface area (Å²) in [6.45, 7) is 0. The Morgan fingerprint density at radius 3 is 2.35 bits per heavy atom. The topological polar surface area (TPSA) is 59.3 Å². The first-order valence-electron chi connectivity index (χ1n) is 6.12. The highest BCUT2D eigenvalue weighted by atomic mass is 35.5. The lowest BCUT2D eigenvalue weighted by Gasteiger charge is -2.09. The van der Waals surface area contributed by atoms with Crippen molar-refractivity contribution in [2.45, 2.75) is 19.3 Å². The maximum atomic E-state index is 11.1. The fourth-order valence-corrected chi connectivity index (χ4v) is 1.85. The van der Waals surface area contributed by atoms with E-state index in [0.29, 0.717) is 35.6 Å². The van der Waals surface area contributed by atoms with Gasteiger partial charge >= 0.3 is 5.97 Å². The fraction of sp³-hybridized carbons (Fsp3) is 0.333. The summed E-state index contributed by atoms with van der Waals surface area (Å²) >= 11 is 5.83. The second-order valence-corrected chi connectivity index (χ2v) is 4.49. The normalized spacial score (nSPS) is 11.3. The van der Waals surface area contributed by atoms with Crippen LogP contribution in [0.4, 0.5) is 0 Å². The zero-order valence-corrected chi connectivity index (χ0v) is 12.2. The van der Waals surface area contributed by atoms with E-state index in [1.807, 2.05) is 0 Å². The van der Waals surface area contributed by atoms with E-state index in [-0.39, 0.29) is 5.97 Å². The number of ether oxygens (including phenoxy) is 2. The third-order valence-corrected chi connectivity index (χ3v) is 3.03. The number of hydrogen-bond donors (Lipinski definition) is 0.